The Bertz CT molecular complexity index is 411. The predicted molar refractivity (Wildman–Crippen MR) is 80.9 cm³/mol. The van der Waals surface area contributed by atoms with Crippen molar-refractivity contribution in [3.8, 4) is 0 Å². The van der Waals surface area contributed by atoms with Crippen molar-refractivity contribution in [1.29, 1.82) is 0 Å². The lowest BCUT2D eigenvalue weighted by molar-refractivity contribution is 0.381. The summed E-state index contributed by atoms with van der Waals surface area (Å²) in [7, 11) is 5.76. The van der Waals surface area contributed by atoms with Gasteiger partial charge in [-0.1, -0.05) is 0 Å². The molecule has 0 aliphatic carbocycles. The maximum absolute atomic E-state index is 11.6. The van der Waals surface area contributed by atoms with E-state index in [2.05, 4.69) is 4.28 Å². The lowest BCUT2D eigenvalue weighted by Crippen LogP contribution is -2.26. The second kappa shape index (κ2) is 8.44. The summed E-state index contributed by atoms with van der Waals surface area (Å²) in [6.07, 6.45) is 1.79. The molecule has 1 heterocycles. The molecule has 0 aliphatic rings. The van der Waals surface area contributed by atoms with Crippen molar-refractivity contribution in [3.05, 3.63) is 28.7 Å². The van der Waals surface area contributed by atoms with Crippen LogP contribution in [-0.4, -0.2) is 37.2 Å². The zero-order chi connectivity index (χ0) is 12.8. The van der Waals surface area contributed by atoms with E-state index in [-0.39, 0.29) is 19.1 Å². The first kappa shape index (κ1) is 17.3. The van der Waals surface area contributed by atoms with Gasteiger partial charge in [0.05, 0.1) is 5.69 Å². The molecule has 0 saturated carbocycles. The number of hydrogen-bond donors (Lipinski definition) is 1. The summed E-state index contributed by atoms with van der Waals surface area (Å²) in [5.74, 6) is 4.98. The van der Waals surface area contributed by atoms with Crippen molar-refractivity contribution < 1.29 is 4.28 Å². The van der Waals surface area contributed by atoms with Gasteiger partial charge in [-0.3, -0.25) is 9.10 Å². The molecule has 8 heteroatoms. The van der Waals surface area contributed by atoms with Crippen LogP contribution in [-0.2, 0) is 10.8 Å². The molecular weight excluding hydrogens is 272 g/mol. The van der Waals surface area contributed by atoms with E-state index in [9.17, 15) is 4.79 Å². The lowest BCUT2D eigenvalue weighted by Gasteiger charge is -2.17. The van der Waals surface area contributed by atoms with Crippen LogP contribution in [0.4, 0.5) is 5.69 Å². The quantitative estimate of drug-likeness (QED) is 0.465. The number of likely N-dealkylation sites (N-methyl/N-ethyl adjacent to an activating group) is 1. The molecule has 2 N–H and O–H groups in total. The molecule has 0 radical (unpaired) electrons. The highest BCUT2D eigenvalue weighted by atomic mass is 32.2. The van der Waals surface area contributed by atoms with Gasteiger partial charge in [-0.25, -0.2) is 10.2 Å². The number of rotatable bonds is 6. The van der Waals surface area contributed by atoms with Crippen LogP contribution in [0.1, 0.15) is 0 Å². The van der Waals surface area contributed by atoms with Crippen molar-refractivity contribution in [1.82, 2.24) is 9.47 Å². The Morgan fingerprint density at radius 2 is 2.06 bits per heavy atom. The summed E-state index contributed by atoms with van der Waals surface area (Å²) in [4.78, 5) is 13.7. The van der Waals surface area contributed by atoms with Gasteiger partial charge < -0.3 is 9.47 Å². The van der Waals surface area contributed by atoms with E-state index in [4.69, 9.17) is 5.90 Å². The van der Waals surface area contributed by atoms with Crippen LogP contribution in [0.2, 0.25) is 0 Å². The number of nitrogens with two attached hydrogens (primary N) is 1. The van der Waals surface area contributed by atoms with Gasteiger partial charge in [0, 0.05) is 32.4 Å². The van der Waals surface area contributed by atoms with Crippen molar-refractivity contribution in [3.63, 3.8) is 0 Å². The van der Waals surface area contributed by atoms with Gasteiger partial charge in [0.2, 0.25) is 0 Å². The van der Waals surface area contributed by atoms with Crippen LogP contribution in [0.15, 0.2) is 23.1 Å². The van der Waals surface area contributed by atoms with E-state index in [0.717, 1.165) is 24.5 Å². The maximum Gasteiger partial charge on any atom is 0.250 e. The molecule has 6 nitrogen and oxygen atoms in total. The predicted octanol–water partition coefficient (Wildman–Crippen LogP) is 0.412. The summed E-state index contributed by atoms with van der Waals surface area (Å²) in [6.45, 7) is 1.47. The lowest BCUT2D eigenvalue weighted by atomic mass is 10.4. The molecular formula is C10H20N4O2S2. The molecule has 0 aromatic carbocycles. The van der Waals surface area contributed by atoms with Gasteiger partial charge in [0.1, 0.15) is 12.2 Å². The Kier molecular flexibility index (Phi) is 8.12. The molecule has 0 amide bonds. The average Bonchev–Trinajstić information content (AvgIpc) is 2.28. The highest BCUT2D eigenvalue weighted by Crippen LogP contribution is 2.17. The van der Waals surface area contributed by atoms with Gasteiger partial charge in [-0.15, -0.1) is 0 Å². The average molecular weight is 292 g/mol. The van der Waals surface area contributed by atoms with Gasteiger partial charge >= 0.3 is 0 Å². The van der Waals surface area contributed by atoms with Gasteiger partial charge in [-0.2, -0.15) is 13.5 Å². The molecule has 0 spiro atoms. The summed E-state index contributed by atoms with van der Waals surface area (Å²) in [5, 5.41) is 0. The number of nitrogens with zero attached hydrogens (tertiary/aromatic N) is 3. The standard InChI is InChI=1S/C10H18N4O2S.H2S/c1-12(2)6-7-14-8-9(4-5-10(14)15)13(3)17-16-11;/h4-5,8H,6-7,11H2,1-3H3;1H2. The maximum atomic E-state index is 11.6. The molecule has 1 rings (SSSR count). The number of pyridine rings is 1. The Hall–Kier alpha value is -0.670. The fourth-order valence-corrected chi connectivity index (χ4v) is 1.62. The largest absolute Gasteiger partial charge is 0.312 e. The molecule has 104 valence electrons. The summed E-state index contributed by atoms with van der Waals surface area (Å²) >= 11 is 1.01. The van der Waals surface area contributed by atoms with E-state index < -0.39 is 0 Å². The van der Waals surface area contributed by atoms with Gasteiger partial charge in [-0.05, 0) is 20.2 Å². The summed E-state index contributed by atoms with van der Waals surface area (Å²) in [6, 6.07) is 3.28. The highest BCUT2D eigenvalue weighted by Gasteiger charge is 2.04. The monoisotopic (exact) mass is 292 g/mol. The van der Waals surface area contributed by atoms with Crippen molar-refractivity contribution >= 4 is 31.4 Å². The fourth-order valence-electron chi connectivity index (χ4n) is 1.30. The van der Waals surface area contributed by atoms with Gasteiger partial charge in [0.25, 0.3) is 5.56 Å². The molecule has 18 heavy (non-hydrogen) atoms. The minimum absolute atomic E-state index is 0. The topological polar surface area (TPSA) is 63.7 Å². The van der Waals surface area contributed by atoms with Crippen LogP contribution in [0, 0.1) is 0 Å². The molecule has 0 bridgehead atoms. The first-order valence-electron chi connectivity index (χ1n) is 5.17. The zero-order valence-electron chi connectivity index (χ0n) is 10.8. The first-order valence-corrected chi connectivity index (χ1v) is 5.87. The van der Waals surface area contributed by atoms with Crippen LogP contribution in [0.5, 0.6) is 0 Å². The smallest absolute Gasteiger partial charge is 0.250 e. The van der Waals surface area contributed by atoms with Gasteiger partial charge in [0.15, 0.2) is 0 Å². The Labute approximate surface area is 118 Å². The van der Waals surface area contributed by atoms with E-state index in [1.165, 1.54) is 0 Å². The van der Waals surface area contributed by atoms with Crippen molar-refractivity contribution in [2.24, 2.45) is 5.90 Å². The number of aromatic nitrogens is 1. The molecule has 0 fully saturated rings. The Morgan fingerprint density at radius 3 is 2.61 bits per heavy atom. The first-order chi connectivity index (χ1) is 8.04. The van der Waals surface area contributed by atoms with E-state index >= 15 is 0 Å². The van der Waals surface area contributed by atoms with E-state index in [1.54, 1.807) is 27.2 Å². The van der Waals surface area contributed by atoms with E-state index in [1.807, 2.05) is 26.0 Å². The Morgan fingerprint density at radius 1 is 1.39 bits per heavy atom. The number of anilines is 1. The van der Waals surface area contributed by atoms with Crippen molar-refractivity contribution in [2.75, 3.05) is 32.0 Å². The molecule has 1 aromatic rings. The van der Waals surface area contributed by atoms with Crippen LogP contribution < -0.4 is 15.8 Å². The van der Waals surface area contributed by atoms with Crippen molar-refractivity contribution in [2.45, 2.75) is 6.54 Å². The van der Waals surface area contributed by atoms with Crippen LogP contribution in [0.3, 0.4) is 0 Å². The molecule has 0 saturated heterocycles. The summed E-state index contributed by atoms with van der Waals surface area (Å²) in [5.41, 5.74) is 0.849. The minimum atomic E-state index is -0.0114. The van der Waals surface area contributed by atoms with E-state index in [0.29, 0.717) is 6.54 Å². The van der Waals surface area contributed by atoms with Crippen LogP contribution >= 0.6 is 25.7 Å². The summed E-state index contributed by atoms with van der Waals surface area (Å²) < 4.78 is 7.88. The zero-order valence-corrected chi connectivity index (χ0v) is 12.6. The van der Waals surface area contributed by atoms with Crippen LogP contribution in [0.25, 0.3) is 0 Å². The number of hydrogen-bond acceptors (Lipinski definition) is 6. The SMILES string of the molecule is CN(C)CCn1cc(N(C)SON)ccc1=O.S. The fraction of sp³-hybridized carbons (Fsp3) is 0.500. The second-order valence-corrected chi connectivity index (χ2v) is 4.78. The second-order valence-electron chi connectivity index (χ2n) is 3.89. The Balaban J connectivity index is 0.00000289. The minimum Gasteiger partial charge on any atom is -0.312 e. The third-order valence-corrected chi connectivity index (χ3v) is 2.79. The third-order valence-electron chi connectivity index (χ3n) is 2.27. The normalized spacial score (nSPS) is 10.3. The highest BCUT2D eigenvalue weighted by molar-refractivity contribution is 7.96. The molecule has 0 aliphatic heterocycles. The third kappa shape index (κ3) is 5.32. The molecule has 1 aromatic heterocycles. The molecule has 0 atom stereocenters. The molecule has 0 unspecified atom stereocenters.